The van der Waals surface area contributed by atoms with Crippen LogP contribution in [0.2, 0.25) is 0 Å². The summed E-state index contributed by atoms with van der Waals surface area (Å²) in [4.78, 5) is 24.6. The summed E-state index contributed by atoms with van der Waals surface area (Å²) in [6.07, 6.45) is 1.82. The first kappa shape index (κ1) is 28.6. The van der Waals surface area contributed by atoms with Gasteiger partial charge in [-0.1, -0.05) is 91.0 Å². The number of hydrogen-bond donors (Lipinski definition) is 0. The maximum atomic E-state index is 6.46. The quantitative estimate of drug-likeness (QED) is 0.180. The van der Waals surface area contributed by atoms with Crippen molar-refractivity contribution in [2.24, 2.45) is 0 Å². The zero-order valence-corrected chi connectivity index (χ0v) is 28.0. The number of benzene rings is 6. The molecule has 0 bridgehead atoms. The standard InChI is InChI=1S/C42H25BrN6O/c43-30-24-25-44-31-17-11-22-36(38(30)31)48-32-18-5-7-20-34(32)49(35-21-8-6-19-33(35)48)42-46-40(26-12-2-1-3-13-26)45-41(47-42)29-16-10-15-28-27-14-4-9-23-37(27)50-39(28)29/h1-25H. The molecule has 7 nitrogen and oxygen atoms in total. The third-order valence-corrected chi connectivity index (χ3v) is 9.82. The minimum Gasteiger partial charge on any atom is -0.455 e. The topological polar surface area (TPSA) is 71.2 Å². The highest BCUT2D eigenvalue weighted by atomic mass is 79.9. The fraction of sp³-hybridized carbons (Fsp3) is 0. The number of furan rings is 1. The Morgan fingerprint density at radius 3 is 1.90 bits per heavy atom. The smallest absolute Gasteiger partial charge is 0.238 e. The number of hydrogen-bond acceptors (Lipinski definition) is 7. The first-order valence-corrected chi connectivity index (χ1v) is 17.1. The summed E-state index contributed by atoms with van der Waals surface area (Å²) < 4.78 is 7.44. The van der Waals surface area contributed by atoms with Crippen LogP contribution in [0.4, 0.5) is 34.4 Å². The Morgan fingerprint density at radius 2 is 1.12 bits per heavy atom. The number of fused-ring (bicyclic) bond motifs is 6. The fourth-order valence-electron chi connectivity index (χ4n) is 6.98. The molecular weight excluding hydrogens is 684 g/mol. The number of halogens is 1. The highest BCUT2D eigenvalue weighted by Gasteiger charge is 2.33. The minimum atomic E-state index is 0.502. The number of para-hydroxylation sites is 6. The van der Waals surface area contributed by atoms with Crippen LogP contribution in [0, 0.1) is 0 Å². The zero-order valence-electron chi connectivity index (χ0n) is 26.4. The van der Waals surface area contributed by atoms with Crippen molar-refractivity contribution >= 4 is 83.2 Å². The summed E-state index contributed by atoms with van der Waals surface area (Å²) in [7, 11) is 0. The summed E-state index contributed by atoms with van der Waals surface area (Å²) >= 11 is 3.82. The Bertz CT molecular complexity index is 2710. The Morgan fingerprint density at radius 1 is 0.500 bits per heavy atom. The Labute approximate surface area is 295 Å². The van der Waals surface area contributed by atoms with E-state index in [1.54, 1.807) is 0 Å². The average molecular weight is 710 g/mol. The monoisotopic (exact) mass is 708 g/mol. The summed E-state index contributed by atoms with van der Waals surface area (Å²) in [6, 6.07) is 49.2. The van der Waals surface area contributed by atoms with Gasteiger partial charge in [0.2, 0.25) is 5.95 Å². The third-order valence-electron chi connectivity index (χ3n) is 9.16. The second kappa shape index (κ2) is 11.4. The number of pyridine rings is 1. The van der Waals surface area contributed by atoms with Crippen molar-refractivity contribution in [1.29, 1.82) is 0 Å². The van der Waals surface area contributed by atoms with E-state index in [4.69, 9.17) is 19.4 Å². The van der Waals surface area contributed by atoms with Crippen molar-refractivity contribution in [2.45, 2.75) is 0 Å². The van der Waals surface area contributed by atoms with E-state index in [0.29, 0.717) is 17.6 Å². The molecule has 0 fully saturated rings. The van der Waals surface area contributed by atoms with E-state index >= 15 is 0 Å². The molecule has 0 spiro atoms. The van der Waals surface area contributed by atoms with Crippen molar-refractivity contribution in [3.05, 3.63) is 156 Å². The third kappa shape index (κ3) is 4.42. The van der Waals surface area contributed by atoms with Gasteiger partial charge in [-0.05, 0) is 70.5 Å². The van der Waals surface area contributed by atoms with E-state index in [1.165, 1.54) is 0 Å². The van der Waals surface area contributed by atoms with Crippen molar-refractivity contribution < 1.29 is 4.42 Å². The molecule has 0 saturated carbocycles. The molecule has 4 heterocycles. The lowest BCUT2D eigenvalue weighted by molar-refractivity contribution is 0.669. The van der Waals surface area contributed by atoms with Gasteiger partial charge >= 0.3 is 0 Å². The van der Waals surface area contributed by atoms with Crippen LogP contribution < -0.4 is 9.80 Å². The molecule has 3 aromatic heterocycles. The summed E-state index contributed by atoms with van der Waals surface area (Å²) in [5.74, 6) is 1.60. The van der Waals surface area contributed by atoms with Crippen molar-refractivity contribution in [3.63, 3.8) is 0 Å². The number of rotatable bonds is 4. The number of anilines is 6. The Hall–Kier alpha value is -6.38. The molecule has 10 rings (SSSR count). The second-order valence-electron chi connectivity index (χ2n) is 12.0. The number of aromatic nitrogens is 4. The molecule has 6 aromatic carbocycles. The minimum absolute atomic E-state index is 0.502. The molecule has 0 amide bonds. The lowest BCUT2D eigenvalue weighted by Crippen LogP contribution is -2.25. The molecule has 236 valence electrons. The molecule has 1 aliphatic heterocycles. The Kier molecular flexibility index (Phi) is 6.50. The van der Waals surface area contributed by atoms with Crippen LogP contribution in [0.1, 0.15) is 0 Å². The van der Waals surface area contributed by atoms with E-state index in [0.717, 1.165) is 76.9 Å². The van der Waals surface area contributed by atoms with Gasteiger partial charge in [0.1, 0.15) is 11.2 Å². The van der Waals surface area contributed by atoms with Crippen molar-refractivity contribution in [2.75, 3.05) is 9.80 Å². The summed E-state index contributed by atoms with van der Waals surface area (Å²) in [5.41, 5.74) is 9.00. The molecule has 0 N–H and O–H groups in total. The largest absolute Gasteiger partial charge is 0.455 e. The molecular formula is C42H25BrN6O. The van der Waals surface area contributed by atoms with Gasteiger partial charge in [0.25, 0.3) is 0 Å². The molecule has 9 aromatic rings. The van der Waals surface area contributed by atoms with Gasteiger partial charge in [-0.25, -0.2) is 4.98 Å². The highest BCUT2D eigenvalue weighted by molar-refractivity contribution is 9.10. The van der Waals surface area contributed by atoms with Gasteiger partial charge in [0.05, 0.1) is 39.5 Å². The maximum Gasteiger partial charge on any atom is 0.238 e. The van der Waals surface area contributed by atoms with Crippen molar-refractivity contribution in [3.8, 4) is 22.8 Å². The SMILES string of the molecule is Brc1ccnc2cccc(N3c4ccccc4N(c4nc(-c5ccccc5)nc(-c5cccc6c5oc5ccccc56)n4)c4ccccc43)c12. The van der Waals surface area contributed by atoms with Crippen LogP contribution in [0.25, 0.3) is 55.6 Å². The first-order chi connectivity index (χ1) is 24.7. The molecule has 0 saturated heterocycles. The molecule has 8 heteroatoms. The van der Waals surface area contributed by atoms with Crippen molar-refractivity contribution in [1.82, 2.24) is 19.9 Å². The highest BCUT2D eigenvalue weighted by Crippen LogP contribution is 2.55. The maximum absolute atomic E-state index is 6.46. The van der Waals surface area contributed by atoms with Gasteiger partial charge in [0.15, 0.2) is 11.6 Å². The van der Waals surface area contributed by atoms with E-state index in [2.05, 4.69) is 91.4 Å². The van der Waals surface area contributed by atoms with Gasteiger partial charge in [-0.2, -0.15) is 9.97 Å². The van der Waals surface area contributed by atoms with E-state index in [9.17, 15) is 0 Å². The van der Waals surface area contributed by atoms with Crippen LogP contribution in [0.15, 0.2) is 161 Å². The van der Waals surface area contributed by atoms with Crippen LogP contribution in [-0.4, -0.2) is 19.9 Å². The van der Waals surface area contributed by atoms with Crippen LogP contribution in [0.5, 0.6) is 0 Å². The predicted octanol–water partition coefficient (Wildman–Crippen LogP) is 11.7. The van der Waals surface area contributed by atoms with E-state index < -0.39 is 0 Å². The van der Waals surface area contributed by atoms with E-state index in [-0.39, 0.29) is 0 Å². The molecule has 0 unspecified atom stereocenters. The molecule has 1 aliphatic rings. The van der Waals surface area contributed by atoms with Crippen LogP contribution >= 0.6 is 15.9 Å². The predicted molar refractivity (Wildman–Crippen MR) is 204 cm³/mol. The summed E-state index contributed by atoms with van der Waals surface area (Å²) in [6.45, 7) is 0. The lowest BCUT2D eigenvalue weighted by atomic mass is 10.0. The molecule has 0 atom stereocenters. The van der Waals surface area contributed by atoms with Crippen LogP contribution in [-0.2, 0) is 0 Å². The molecule has 0 aliphatic carbocycles. The summed E-state index contributed by atoms with van der Waals surface area (Å²) in [5, 5.41) is 3.10. The molecule has 0 radical (unpaired) electrons. The van der Waals surface area contributed by atoms with Gasteiger partial charge in [0, 0.05) is 32.4 Å². The second-order valence-corrected chi connectivity index (χ2v) is 12.9. The van der Waals surface area contributed by atoms with Gasteiger partial charge < -0.3 is 9.32 Å². The Balaban J connectivity index is 1.23. The average Bonchev–Trinajstić information content (AvgIpc) is 3.56. The van der Waals surface area contributed by atoms with E-state index in [1.807, 2.05) is 91.1 Å². The van der Waals surface area contributed by atoms with Gasteiger partial charge in [-0.15, -0.1) is 0 Å². The number of nitrogens with zero attached hydrogens (tertiary/aromatic N) is 6. The fourth-order valence-corrected chi connectivity index (χ4v) is 7.50. The zero-order chi connectivity index (χ0) is 33.2. The normalized spacial score (nSPS) is 12.4. The van der Waals surface area contributed by atoms with Gasteiger partial charge in [-0.3, -0.25) is 9.88 Å². The first-order valence-electron chi connectivity index (χ1n) is 16.3. The lowest BCUT2D eigenvalue weighted by Gasteiger charge is -2.39. The van der Waals surface area contributed by atoms with Crippen LogP contribution in [0.3, 0.4) is 0 Å². The molecule has 50 heavy (non-hydrogen) atoms.